The molecule has 1 N–H and O–H groups in total. The summed E-state index contributed by atoms with van der Waals surface area (Å²) in [5.74, 6) is 0.551. The number of carbonyl (C=O) groups excluding carboxylic acids is 3. The summed E-state index contributed by atoms with van der Waals surface area (Å²) in [6.07, 6.45) is 3.26. The molecule has 11 heteroatoms. The van der Waals surface area contributed by atoms with E-state index in [4.69, 9.17) is 9.26 Å². The molecule has 2 amide bonds. The number of Topliss-reactive ketones (excluding diaryl/α,β-unsaturated/α-hetero) is 1. The second-order valence-electron chi connectivity index (χ2n) is 10.8. The molecule has 2 atom stereocenters. The minimum atomic E-state index is -1.23. The average Bonchev–Trinajstić information content (AvgIpc) is 3.42. The van der Waals surface area contributed by atoms with Crippen molar-refractivity contribution in [1.82, 2.24) is 20.3 Å². The maximum Gasteiger partial charge on any atom is 0.272 e. The van der Waals surface area contributed by atoms with E-state index in [-0.39, 0.29) is 29.9 Å². The minimum Gasteiger partial charge on any atom is -0.497 e. The van der Waals surface area contributed by atoms with Crippen molar-refractivity contribution < 1.29 is 28.0 Å². The number of allylic oxidation sites excluding steroid dienone is 2. The van der Waals surface area contributed by atoms with Crippen LogP contribution >= 0.6 is 0 Å². The Hall–Kier alpha value is -4.12. The number of ether oxygens (including phenoxy) is 1. The summed E-state index contributed by atoms with van der Waals surface area (Å²) in [6.45, 7) is 9.03. The van der Waals surface area contributed by atoms with E-state index in [2.05, 4.69) is 22.2 Å². The fourth-order valence-electron chi connectivity index (χ4n) is 5.25. The first-order chi connectivity index (χ1) is 20.2. The van der Waals surface area contributed by atoms with Gasteiger partial charge >= 0.3 is 0 Å². The number of aliphatic imine (C=N–C) groups is 1. The molecular weight excluding hydrogens is 541 g/mol. The number of likely N-dealkylation sites (tertiary alicyclic amines) is 2. The number of aryl methyl sites for hydroxylation is 1. The molecule has 42 heavy (non-hydrogen) atoms. The predicted octanol–water partition coefficient (Wildman–Crippen LogP) is 3.67. The summed E-state index contributed by atoms with van der Waals surface area (Å²) < 4.78 is 25.1. The highest BCUT2D eigenvalue weighted by Gasteiger charge is 2.31. The number of benzene rings is 1. The zero-order chi connectivity index (χ0) is 30.2. The Morgan fingerprint density at radius 3 is 2.48 bits per heavy atom. The average molecular weight is 580 g/mol. The number of hydrogen-bond acceptors (Lipinski definition) is 8. The van der Waals surface area contributed by atoms with Crippen LogP contribution in [-0.2, 0) is 16.1 Å². The van der Waals surface area contributed by atoms with E-state index in [0.29, 0.717) is 68.1 Å². The zero-order valence-corrected chi connectivity index (χ0v) is 24.3. The van der Waals surface area contributed by atoms with Gasteiger partial charge in [0.15, 0.2) is 5.78 Å². The topological polar surface area (TPSA) is 117 Å². The van der Waals surface area contributed by atoms with Crippen molar-refractivity contribution in [2.24, 2.45) is 10.9 Å². The molecule has 0 aliphatic carbocycles. The van der Waals surface area contributed by atoms with E-state index in [1.807, 2.05) is 17.9 Å². The van der Waals surface area contributed by atoms with E-state index in [0.717, 1.165) is 5.69 Å². The Balaban J connectivity index is 1.26. The first kappa shape index (κ1) is 30.8. The molecule has 0 unspecified atom stereocenters. The number of methoxy groups -OCH3 is 1. The van der Waals surface area contributed by atoms with E-state index in [9.17, 15) is 18.8 Å². The summed E-state index contributed by atoms with van der Waals surface area (Å²) in [5.41, 5.74) is 1.79. The SMILES string of the molecule is C=N/C(=C\C=C(/C)C(=O)N[C@@H]1CCN(Cc2cc(C)on2)C[C@@H]1F)C(=O)N1CCC(C(=O)c2ccc(OC)cc2)CC1. The highest BCUT2D eigenvalue weighted by Crippen LogP contribution is 2.24. The highest BCUT2D eigenvalue weighted by atomic mass is 19.1. The molecule has 4 rings (SSSR count). The maximum atomic E-state index is 14.9. The number of amides is 2. The summed E-state index contributed by atoms with van der Waals surface area (Å²) in [5, 5.41) is 6.73. The maximum absolute atomic E-state index is 14.9. The first-order valence-corrected chi connectivity index (χ1v) is 14.1. The van der Waals surface area contributed by atoms with Crippen molar-refractivity contribution in [3.05, 3.63) is 70.8 Å². The molecule has 1 aromatic heterocycles. The molecule has 0 spiro atoms. The van der Waals surface area contributed by atoms with Gasteiger partial charge in [-0.25, -0.2) is 4.39 Å². The number of piperidine rings is 2. The number of hydrogen-bond donors (Lipinski definition) is 1. The predicted molar refractivity (Wildman–Crippen MR) is 156 cm³/mol. The lowest BCUT2D eigenvalue weighted by molar-refractivity contribution is -0.128. The number of aromatic nitrogens is 1. The van der Waals surface area contributed by atoms with Gasteiger partial charge in [0.2, 0.25) is 5.91 Å². The van der Waals surface area contributed by atoms with Crippen LogP contribution in [0.5, 0.6) is 5.75 Å². The van der Waals surface area contributed by atoms with Crippen LogP contribution < -0.4 is 10.1 Å². The molecule has 1 aromatic carbocycles. The van der Waals surface area contributed by atoms with E-state index in [1.54, 1.807) is 43.2 Å². The van der Waals surface area contributed by atoms with Gasteiger partial charge in [-0.05, 0) is 70.2 Å². The summed E-state index contributed by atoms with van der Waals surface area (Å²) >= 11 is 0. The molecule has 10 nitrogen and oxygen atoms in total. The molecule has 2 aromatic rings. The van der Waals surface area contributed by atoms with Crippen LogP contribution in [0.1, 0.15) is 48.0 Å². The number of alkyl halides is 1. The van der Waals surface area contributed by atoms with E-state index in [1.165, 1.54) is 12.2 Å². The van der Waals surface area contributed by atoms with Crippen molar-refractivity contribution in [2.45, 2.75) is 51.9 Å². The molecular formula is C31H38FN5O5. The number of ketones is 1. The number of nitrogens with zero attached hydrogens (tertiary/aromatic N) is 4. The fourth-order valence-corrected chi connectivity index (χ4v) is 5.25. The van der Waals surface area contributed by atoms with Crippen molar-refractivity contribution in [1.29, 1.82) is 0 Å². The number of nitrogens with one attached hydrogen (secondary N) is 1. The molecule has 3 heterocycles. The minimum absolute atomic E-state index is 0.0539. The number of rotatable bonds is 10. The Morgan fingerprint density at radius 2 is 1.88 bits per heavy atom. The molecule has 2 fully saturated rings. The van der Waals surface area contributed by atoms with Crippen molar-refractivity contribution in [3.63, 3.8) is 0 Å². The molecule has 0 radical (unpaired) electrons. The van der Waals surface area contributed by atoms with Gasteiger partial charge in [0.25, 0.3) is 5.91 Å². The van der Waals surface area contributed by atoms with Crippen LogP contribution in [0.25, 0.3) is 0 Å². The van der Waals surface area contributed by atoms with Gasteiger partial charge in [0.05, 0.1) is 18.8 Å². The Morgan fingerprint density at radius 1 is 1.17 bits per heavy atom. The van der Waals surface area contributed by atoms with E-state index < -0.39 is 18.1 Å². The monoisotopic (exact) mass is 579 g/mol. The van der Waals surface area contributed by atoms with E-state index >= 15 is 0 Å². The van der Waals surface area contributed by atoms with Crippen LogP contribution in [0.2, 0.25) is 0 Å². The standard InChI is InChI=1S/C31H38FN5O5/c1-20(30(39)34-27-13-14-36(19-26(27)32)18-24-17-21(2)42-35-24)5-10-28(33-3)31(40)37-15-11-23(12-16-37)29(38)22-6-8-25(41-4)9-7-22/h5-10,17,23,26-27H,3,11-16,18-19H2,1-2,4H3,(H,34,39)/b20-5+,28-10-/t26-,27+/m0/s1. The molecule has 0 bridgehead atoms. The molecule has 2 aliphatic rings. The van der Waals surface area contributed by atoms with Crippen LogP contribution in [0, 0.1) is 12.8 Å². The summed E-state index contributed by atoms with van der Waals surface area (Å²) in [6, 6.07) is 8.24. The number of halogens is 1. The lowest BCUT2D eigenvalue weighted by Gasteiger charge is -2.34. The second-order valence-corrected chi connectivity index (χ2v) is 10.8. The summed E-state index contributed by atoms with van der Waals surface area (Å²) in [7, 11) is 1.57. The Kier molecular flexibility index (Phi) is 10.4. The van der Waals surface area contributed by atoms with Gasteiger partial charge < -0.3 is 19.5 Å². The van der Waals surface area contributed by atoms with Crippen molar-refractivity contribution in [3.8, 4) is 5.75 Å². The fraction of sp³-hybridized carbons (Fsp3) is 0.452. The quantitative estimate of drug-likeness (QED) is 0.198. The van der Waals surface area contributed by atoms with Crippen LogP contribution in [0.4, 0.5) is 4.39 Å². The molecule has 2 aliphatic heterocycles. The third-order valence-corrected chi connectivity index (χ3v) is 7.77. The van der Waals surface area contributed by atoms with Crippen molar-refractivity contribution >= 4 is 24.3 Å². The Labute approximate surface area is 245 Å². The lowest BCUT2D eigenvalue weighted by atomic mass is 9.88. The largest absolute Gasteiger partial charge is 0.497 e. The van der Waals surface area contributed by atoms with Crippen LogP contribution in [-0.4, -0.2) is 84.8 Å². The molecule has 2 saturated heterocycles. The van der Waals surface area contributed by atoms with Gasteiger partial charge in [-0.3, -0.25) is 24.3 Å². The third-order valence-electron chi connectivity index (χ3n) is 7.77. The zero-order valence-electron chi connectivity index (χ0n) is 24.3. The highest BCUT2D eigenvalue weighted by molar-refractivity contribution is 5.99. The van der Waals surface area contributed by atoms with Crippen molar-refractivity contribution in [2.75, 3.05) is 33.3 Å². The van der Waals surface area contributed by atoms with Gasteiger partial charge in [0.1, 0.15) is 23.4 Å². The van der Waals surface area contributed by atoms with Gasteiger partial charge in [-0.1, -0.05) is 11.2 Å². The van der Waals surface area contributed by atoms with Gasteiger partial charge in [-0.15, -0.1) is 0 Å². The number of carbonyl (C=O) groups is 3. The van der Waals surface area contributed by atoms with Gasteiger partial charge in [-0.2, -0.15) is 0 Å². The molecule has 0 saturated carbocycles. The summed E-state index contributed by atoms with van der Waals surface area (Å²) in [4.78, 5) is 46.2. The second kappa shape index (κ2) is 14.2. The Bertz CT molecular complexity index is 1340. The van der Waals surface area contributed by atoms with Crippen LogP contribution in [0.3, 0.4) is 0 Å². The molecule has 224 valence electrons. The normalized spacial score (nSPS) is 20.7. The smallest absolute Gasteiger partial charge is 0.272 e. The van der Waals surface area contributed by atoms with Crippen LogP contribution in [0.15, 0.2) is 63.3 Å². The lowest BCUT2D eigenvalue weighted by Crippen LogP contribution is -2.52. The first-order valence-electron chi connectivity index (χ1n) is 14.1. The van der Waals surface area contributed by atoms with Gasteiger partial charge in [0, 0.05) is 55.8 Å². The third kappa shape index (κ3) is 7.79.